The van der Waals surface area contributed by atoms with Crippen molar-refractivity contribution in [3.63, 3.8) is 0 Å². The van der Waals surface area contributed by atoms with E-state index in [0.29, 0.717) is 0 Å². The van der Waals surface area contributed by atoms with Crippen molar-refractivity contribution in [2.24, 2.45) is 0 Å². The van der Waals surface area contributed by atoms with Gasteiger partial charge in [0, 0.05) is 11.1 Å². The topological polar surface area (TPSA) is 28.7 Å². The summed E-state index contributed by atoms with van der Waals surface area (Å²) in [6.45, 7) is 4.48. The lowest BCUT2D eigenvalue weighted by molar-refractivity contribution is 0.772. The monoisotopic (exact) mass is 230 g/mol. The van der Waals surface area contributed by atoms with Crippen LogP contribution >= 0.6 is 0 Å². The quantitative estimate of drug-likeness (QED) is 0.789. The van der Waals surface area contributed by atoms with Gasteiger partial charge in [-0.1, -0.05) is 38.8 Å². The molecule has 1 aromatic heterocycles. The number of benzene rings is 1. The lowest BCUT2D eigenvalue weighted by Gasteiger charge is -2.04. The van der Waals surface area contributed by atoms with Crippen LogP contribution in [0.4, 0.5) is 0 Å². The third kappa shape index (κ3) is 2.68. The maximum atomic E-state index is 4.42. The van der Waals surface area contributed by atoms with E-state index in [-0.39, 0.29) is 0 Å². The van der Waals surface area contributed by atoms with Crippen LogP contribution in [0.3, 0.4) is 0 Å². The van der Waals surface area contributed by atoms with Gasteiger partial charge < -0.3 is 0 Å². The van der Waals surface area contributed by atoms with E-state index in [1.54, 1.807) is 0 Å². The summed E-state index contributed by atoms with van der Waals surface area (Å²) < 4.78 is 0. The molecular formula is C15H22N2. The fourth-order valence-electron chi connectivity index (χ4n) is 2.32. The van der Waals surface area contributed by atoms with Crippen molar-refractivity contribution in [1.29, 1.82) is 0 Å². The summed E-state index contributed by atoms with van der Waals surface area (Å²) in [5.74, 6) is 0. The Bertz CT molecular complexity index is 471. The minimum absolute atomic E-state index is 1.12. The molecule has 0 atom stereocenters. The third-order valence-electron chi connectivity index (χ3n) is 3.32. The predicted molar refractivity (Wildman–Crippen MR) is 73.3 cm³/mol. The molecule has 2 rings (SSSR count). The minimum atomic E-state index is 1.12. The van der Waals surface area contributed by atoms with Crippen molar-refractivity contribution >= 4 is 10.9 Å². The fourth-order valence-corrected chi connectivity index (χ4v) is 2.32. The summed E-state index contributed by atoms with van der Waals surface area (Å²) in [5.41, 5.74) is 3.92. The molecular weight excluding hydrogens is 208 g/mol. The Morgan fingerprint density at radius 1 is 1.06 bits per heavy atom. The van der Waals surface area contributed by atoms with Crippen LogP contribution in [0.1, 0.15) is 50.8 Å². The Kier molecular flexibility index (Phi) is 4.18. The van der Waals surface area contributed by atoms with Gasteiger partial charge in [0.1, 0.15) is 0 Å². The molecule has 0 aliphatic carbocycles. The van der Waals surface area contributed by atoms with Crippen LogP contribution in [0.15, 0.2) is 18.2 Å². The van der Waals surface area contributed by atoms with Crippen LogP contribution in [0.25, 0.3) is 10.9 Å². The summed E-state index contributed by atoms with van der Waals surface area (Å²) in [5, 5.41) is 9.01. The highest BCUT2D eigenvalue weighted by Gasteiger charge is 2.08. The van der Waals surface area contributed by atoms with Gasteiger partial charge in [-0.3, -0.25) is 5.10 Å². The van der Waals surface area contributed by atoms with E-state index in [1.165, 1.54) is 48.7 Å². The average Bonchev–Trinajstić information content (AvgIpc) is 2.77. The van der Waals surface area contributed by atoms with Crippen LogP contribution < -0.4 is 0 Å². The zero-order chi connectivity index (χ0) is 12.1. The maximum absolute atomic E-state index is 4.42. The Balaban J connectivity index is 2.33. The van der Waals surface area contributed by atoms with Gasteiger partial charge in [-0.15, -0.1) is 0 Å². The van der Waals surface area contributed by atoms with Gasteiger partial charge >= 0.3 is 0 Å². The second-order valence-electron chi connectivity index (χ2n) is 4.72. The molecule has 92 valence electrons. The molecule has 2 aromatic rings. The van der Waals surface area contributed by atoms with Gasteiger partial charge in [-0.25, -0.2) is 0 Å². The standard InChI is InChI=1S/C15H22N2/c1-3-5-8-12-9-7-11-14-15(12)13(16-17-14)10-6-4-2/h7,9,11H,3-6,8,10H2,1-2H3,(H,16,17). The van der Waals surface area contributed by atoms with Gasteiger partial charge in [-0.05, 0) is 37.3 Å². The molecule has 17 heavy (non-hydrogen) atoms. The molecule has 0 unspecified atom stereocenters. The van der Waals surface area contributed by atoms with Crippen LogP contribution in [-0.4, -0.2) is 10.2 Å². The number of unbranched alkanes of at least 4 members (excludes halogenated alkanes) is 2. The van der Waals surface area contributed by atoms with Gasteiger partial charge in [0.05, 0.1) is 5.52 Å². The number of rotatable bonds is 6. The van der Waals surface area contributed by atoms with Gasteiger partial charge in [0.25, 0.3) is 0 Å². The summed E-state index contributed by atoms with van der Waals surface area (Å²) in [6, 6.07) is 6.48. The molecule has 2 heteroatoms. The molecule has 0 radical (unpaired) electrons. The van der Waals surface area contributed by atoms with Crippen molar-refractivity contribution in [2.45, 2.75) is 52.4 Å². The second-order valence-corrected chi connectivity index (χ2v) is 4.72. The number of nitrogens with one attached hydrogen (secondary N) is 1. The summed E-state index contributed by atoms with van der Waals surface area (Å²) in [6.07, 6.45) is 7.27. The largest absolute Gasteiger partial charge is 0.281 e. The van der Waals surface area contributed by atoms with Crippen LogP contribution in [-0.2, 0) is 12.8 Å². The minimum Gasteiger partial charge on any atom is -0.281 e. The molecule has 0 aliphatic rings. The highest BCUT2D eigenvalue weighted by atomic mass is 15.1. The molecule has 0 bridgehead atoms. The fraction of sp³-hybridized carbons (Fsp3) is 0.533. The molecule has 1 N–H and O–H groups in total. The Morgan fingerprint density at radius 2 is 1.82 bits per heavy atom. The molecule has 0 saturated carbocycles. The van der Waals surface area contributed by atoms with Crippen LogP contribution in [0.2, 0.25) is 0 Å². The van der Waals surface area contributed by atoms with E-state index in [4.69, 9.17) is 0 Å². The first kappa shape index (κ1) is 12.2. The number of fused-ring (bicyclic) bond motifs is 1. The molecule has 0 saturated heterocycles. The van der Waals surface area contributed by atoms with E-state index in [2.05, 4.69) is 42.2 Å². The molecule has 2 nitrogen and oxygen atoms in total. The number of nitrogens with zero attached hydrogens (tertiary/aromatic N) is 1. The number of hydrogen-bond acceptors (Lipinski definition) is 1. The van der Waals surface area contributed by atoms with Gasteiger partial charge in [0.2, 0.25) is 0 Å². The van der Waals surface area contributed by atoms with Gasteiger partial charge in [-0.2, -0.15) is 5.10 Å². The first-order valence-electron chi connectivity index (χ1n) is 6.81. The summed E-state index contributed by atoms with van der Waals surface area (Å²) in [7, 11) is 0. The van der Waals surface area contributed by atoms with E-state index in [1.807, 2.05) is 0 Å². The van der Waals surface area contributed by atoms with Crippen molar-refractivity contribution in [3.8, 4) is 0 Å². The van der Waals surface area contributed by atoms with E-state index < -0.39 is 0 Å². The smallest absolute Gasteiger partial charge is 0.0926 e. The molecule has 0 amide bonds. The molecule has 1 aromatic carbocycles. The normalized spacial score (nSPS) is 11.2. The molecule has 0 fully saturated rings. The Hall–Kier alpha value is -1.31. The Morgan fingerprint density at radius 3 is 2.59 bits per heavy atom. The first-order chi connectivity index (χ1) is 8.36. The summed E-state index contributed by atoms with van der Waals surface area (Å²) >= 11 is 0. The van der Waals surface area contributed by atoms with E-state index in [9.17, 15) is 0 Å². The lowest BCUT2D eigenvalue weighted by atomic mass is 10.0. The first-order valence-corrected chi connectivity index (χ1v) is 6.81. The zero-order valence-electron chi connectivity index (χ0n) is 10.9. The number of aromatic nitrogens is 2. The zero-order valence-corrected chi connectivity index (χ0v) is 10.9. The average molecular weight is 230 g/mol. The molecule has 0 aliphatic heterocycles. The number of H-pyrrole nitrogens is 1. The van der Waals surface area contributed by atoms with Crippen molar-refractivity contribution in [3.05, 3.63) is 29.5 Å². The van der Waals surface area contributed by atoms with E-state index >= 15 is 0 Å². The predicted octanol–water partition coefficient (Wildman–Crippen LogP) is 4.25. The third-order valence-corrected chi connectivity index (χ3v) is 3.32. The lowest BCUT2D eigenvalue weighted by Crippen LogP contribution is -1.91. The Labute approximate surface area is 103 Å². The maximum Gasteiger partial charge on any atom is 0.0926 e. The number of aryl methyl sites for hydroxylation is 2. The van der Waals surface area contributed by atoms with Crippen molar-refractivity contribution < 1.29 is 0 Å². The van der Waals surface area contributed by atoms with Crippen molar-refractivity contribution in [2.75, 3.05) is 0 Å². The molecule has 0 spiro atoms. The number of hydrogen-bond donors (Lipinski definition) is 1. The van der Waals surface area contributed by atoms with E-state index in [0.717, 1.165) is 11.9 Å². The highest BCUT2D eigenvalue weighted by molar-refractivity contribution is 5.84. The highest BCUT2D eigenvalue weighted by Crippen LogP contribution is 2.23. The van der Waals surface area contributed by atoms with Crippen LogP contribution in [0.5, 0.6) is 0 Å². The summed E-state index contributed by atoms with van der Waals surface area (Å²) in [4.78, 5) is 0. The van der Waals surface area contributed by atoms with Crippen LogP contribution in [0, 0.1) is 0 Å². The van der Waals surface area contributed by atoms with Gasteiger partial charge in [0.15, 0.2) is 0 Å². The van der Waals surface area contributed by atoms with Crippen molar-refractivity contribution in [1.82, 2.24) is 10.2 Å². The number of aromatic amines is 1. The SMILES string of the molecule is CCCCc1cccc2n[nH]c(CCCC)c12. The molecule has 1 heterocycles. The second kappa shape index (κ2) is 5.85.